The topological polar surface area (TPSA) is 41.8 Å². The molecular formula is C25H28N2. The second-order valence-electron chi connectivity index (χ2n) is 7.63. The second kappa shape index (κ2) is 7.21. The summed E-state index contributed by atoms with van der Waals surface area (Å²) in [4.78, 5) is 3.80. The molecule has 0 spiro atoms. The molecule has 0 aliphatic rings. The fraction of sp³-hybridized carbons (Fsp3) is 0.280. The van der Waals surface area contributed by atoms with Crippen molar-refractivity contribution in [2.45, 2.75) is 40.0 Å². The van der Waals surface area contributed by atoms with Gasteiger partial charge in [0, 0.05) is 16.5 Å². The molecule has 1 aromatic heterocycles. The number of nitrogens with one attached hydrogen (secondary N) is 1. The Labute approximate surface area is 161 Å². The van der Waals surface area contributed by atoms with E-state index in [0.717, 1.165) is 25.8 Å². The summed E-state index contributed by atoms with van der Waals surface area (Å²) in [7, 11) is 0. The van der Waals surface area contributed by atoms with E-state index in [1.54, 1.807) is 0 Å². The van der Waals surface area contributed by atoms with Crippen LogP contribution in [0.15, 0.2) is 48.5 Å². The van der Waals surface area contributed by atoms with Crippen LogP contribution < -0.4 is 5.73 Å². The van der Waals surface area contributed by atoms with Crippen molar-refractivity contribution < 1.29 is 0 Å². The van der Waals surface area contributed by atoms with E-state index >= 15 is 0 Å². The quantitative estimate of drug-likeness (QED) is 0.411. The van der Waals surface area contributed by atoms with Gasteiger partial charge in [0.15, 0.2) is 0 Å². The highest BCUT2D eigenvalue weighted by atomic mass is 14.7. The highest BCUT2D eigenvalue weighted by molar-refractivity contribution is 6.02. The van der Waals surface area contributed by atoms with Gasteiger partial charge in [0.1, 0.15) is 0 Å². The lowest BCUT2D eigenvalue weighted by atomic mass is 9.94. The molecule has 2 nitrogen and oxygen atoms in total. The summed E-state index contributed by atoms with van der Waals surface area (Å²) in [6.45, 7) is 7.34. The third kappa shape index (κ3) is 3.04. The maximum Gasteiger partial charge on any atom is 0.0503 e. The number of fused-ring (bicyclic) bond motifs is 2. The summed E-state index contributed by atoms with van der Waals surface area (Å²) >= 11 is 0. The number of hydrogen-bond acceptors (Lipinski definition) is 1. The molecule has 0 amide bonds. The summed E-state index contributed by atoms with van der Waals surface area (Å²) in [5, 5.41) is 4.00. The van der Waals surface area contributed by atoms with Crippen LogP contribution in [-0.2, 0) is 6.42 Å². The van der Waals surface area contributed by atoms with Gasteiger partial charge in [0.05, 0.1) is 5.69 Å². The number of aryl methyl sites for hydroxylation is 4. The minimum Gasteiger partial charge on any atom is -0.354 e. The van der Waals surface area contributed by atoms with E-state index in [9.17, 15) is 0 Å². The van der Waals surface area contributed by atoms with E-state index in [1.807, 2.05) is 0 Å². The zero-order chi connectivity index (χ0) is 19.0. The number of rotatable bonds is 5. The summed E-state index contributed by atoms with van der Waals surface area (Å²) in [5.41, 5.74) is 15.0. The Bertz CT molecular complexity index is 1120. The Morgan fingerprint density at radius 3 is 2.30 bits per heavy atom. The molecule has 138 valence electrons. The third-order valence-corrected chi connectivity index (χ3v) is 5.91. The first-order valence-corrected chi connectivity index (χ1v) is 9.91. The van der Waals surface area contributed by atoms with Crippen molar-refractivity contribution in [1.82, 2.24) is 4.98 Å². The van der Waals surface area contributed by atoms with Gasteiger partial charge in [-0.15, -0.1) is 0 Å². The molecule has 4 rings (SSSR count). The van der Waals surface area contributed by atoms with Crippen LogP contribution in [0.1, 0.15) is 35.1 Å². The molecule has 0 aliphatic heterocycles. The van der Waals surface area contributed by atoms with Gasteiger partial charge >= 0.3 is 0 Å². The molecular weight excluding hydrogens is 328 g/mol. The predicted molar refractivity (Wildman–Crippen MR) is 117 cm³/mol. The molecule has 0 fully saturated rings. The number of H-pyrrole nitrogens is 1. The van der Waals surface area contributed by atoms with Crippen LogP contribution in [-0.4, -0.2) is 11.5 Å². The molecule has 4 aromatic rings. The molecule has 1 heterocycles. The average Bonchev–Trinajstić information content (AvgIpc) is 3.05. The SMILES string of the molecule is Cc1ccc2c(CCCCN)c(-c3ccc(C)c4ccccc34)[nH]c2c1C. The Balaban J connectivity index is 2.00. The van der Waals surface area contributed by atoms with Crippen LogP contribution >= 0.6 is 0 Å². The molecule has 0 bridgehead atoms. The normalized spacial score (nSPS) is 11.6. The molecule has 2 heteroatoms. The Morgan fingerprint density at radius 2 is 1.52 bits per heavy atom. The molecule has 0 aliphatic carbocycles. The summed E-state index contributed by atoms with van der Waals surface area (Å²) in [6, 6.07) is 17.8. The lowest BCUT2D eigenvalue weighted by Crippen LogP contribution is -1.99. The predicted octanol–water partition coefficient (Wildman–Crippen LogP) is 6.19. The smallest absolute Gasteiger partial charge is 0.0503 e. The monoisotopic (exact) mass is 356 g/mol. The minimum atomic E-state index is 0.753. The molecule has 0 radical (unpaired) electrons. The van der Waals surface area contributed by atoms with Crippen molar-refractivity contribution in [1.29, 1.82) is 0 Å². The van der Waals surface area contributed by atoms with Gasteiger partial charge in [-0.3, -0.25) is 0 Å². The number of hydrogen-bond donors (Lipinski definition) is 2. The van der Waals surface area contributed by atoms with Gasteiger partial charge in [0.2, 0.25) is 0 Å². The number of nitrogens with two attached hydrogens (primary N) is 1. The van der Waals surface area contributed by atoms with Gasteiger partial charge in [-0.25, -0.2) is 0 Å². The third-order valence-electron chi connectivity index (χ3n) is 5.91. The number of aromatic nitrogens is 1. The maximum atomic E-state index is 5.76. The fourth-order valence-electron chi connectivity index (χ4n) is 4.17. The molecule has 0 saturated heterocycles. The molecule has 27 heavy (non-hydrogen) atoms. The van der Waals surface area contributed by atoms with Crippen LogP contribution in [0.25, 0.3) is 32.9 Å². The van der Waals surface area contributed by atoms with E-state index in [0.29, 0.717) is 0 Å². The lowest BCUT2D eigenvalue weighted by Gasteiger charge is -2.10. The first-order chi connectivity index (χ1) is 13.1. The zero-order valence-electron chi connectivity index (χ0n) is 16.5. The van der Waals surface area contributed by atoms with Crippen LogP contribution in [0.4, 0.5) is 0 Å². The van der Waals surface area contributed by atoms with Crippen molar-refractivity contribution in [3.63, 3.8) is 0 Å². The van der Waals surface area contributed by atoms with Gasteiger partial charge in [0.25, 0.3) is 0 Å². The second-order valence-corrected chi connectivity index (χ2v) is 7.63. The van der Waals surface area contributed by atoms with Gasteiger partial charge in [-0.2, -0.15) is 0 Å². The van der Waals surface area contributed by atoms with E-state index < -0.39 is 0 Å². The van der Waals surface area contributed by atoms with E-state index in [-0.39, 0.29) is 0 Å². The molecule has 3 N–H and O–H groups in total. The van der Waals surface area contributed by atoms with E-state index in [4.69, 9.17) is 5.73 Å². The van der Waals surface area contributed by atoms with E-state index in [1.165, 1.54) is 55.2 Å². The summed E-state index contributed by atoms with van der Waals surface area (Å²) in [6.07, 6.45) is 3.23. The highest BCUT2D eigenvalue weighted by Crippen LogP contribution is 2.37. The molecule has 0 saturated carbocycles. The van der Waals surface area contributed by atoms with E-state index in [2.05, 4.69) is 74.3 Å². The molecule has 3 aromatic carbocycles. The first kappa shape index (κ1) is 17.8. The fourth-order valence-corrected chi connectivity index (χ4v) is 4.17. The Hall–Kier alpha value is -2.58. The molecule has 0 unspecified atom stereocenters. The van der Waals surface area contributed by atoms with Gasteiger partial charge in [-0.05, 0) is 79.6 Å². The van der Waals surface area contributed by atoms with Crippen molar-refractivity contribution in [3.05, 3.63) is 70.8 Å². The highest BCUT2D eigenvalue weighted by Gasteiger charge is 2.17. The van der Waals surface area contributed by atoms with Gasteiger partial charge in [-0.1, -0.05) is 48.5 Å². The number of aromatic amines is 1. The van der Waals surface area contributed by atoms with Crippen LogP contribution in [0.5, 0.6) is 0 Å². The standard InChI is InChI=1S/C25H28N2/c1-16-11-13-23-21(10-6-7-15-26)25(27-24(23)18(16)3)22-14-12-17(2)19-8-4-5-9-20(19)22/h4-5,8-9,11-14,27H,6-7,10,15,26H2,1-3H3. The summed E-state index contributed by atoms with van der Waals surface area (Å²) in [5.74, 6) is 0. The lowest BCUT2D eigenvalue weighted by molar-refractivity contribution is 0.748. The van der Waals surface area contributed by atoms with Crippen molar-refractivity contribution in [3.8, 4) is 11.3 Å². The number of benzene rings is 3. The largest absolute Gasteiger partial charge is 0.354 e. The molecule has 0 atom stereocenters. The Morgan fingerprint density at radius 1 is 0.778 bits per heavy atom. The van der Waals surface area contributed by atoms with Crippen molar-refractivity contribution in [2.24, 2.45) is 5.73 Å². The number of unbranched alkanes of at least 4 members (excludes halogenated alkanes) is 1. The van der Waals surface area contributed by atoms with Crippen molar-refractivity contribution in [2.75, 3.05) is 6.54 Å². The first-order valence-electron chi connectivity index (χ1n) is 9.91. The average molecular weight is 357 g/mol. The van der Waals surface area contributed by atoms with Crippen molar-refractivity contribution >= 4 is 21.7 Å². The van der Waals surface area contributed by atoms with Crippen LogP contribution in [0, 0.1) is 20.8 Å². The van der Waals surface area contributed by atoms with Gasteiger partial charge < -0.3 is 10.7 Å². The van der Waals surface area contributed by atoms with Crippen LogP contribution in [0.2, 0.25) is 0 Å². The summed E-state index contributed by atoms with van der Waals surface area (Å²) < 4.78 is 0. The van der Waals surface area contributed by atoms with Crippen LogP contribution in [0.3, 0.4) is 0 Å². The minimum absolute atomic E-state index is 0.753. The Kier molecular flexibility index (Phi) is 4.75. The zero-order valence-corrected chi connectivity index (χ0v) is 16.5. The maximum absolute atomic E-state index is 5.76.